The van der Waals surface area contributed by atoms with Gasteiger partial charge in [0.2, 0.25) is 15.9 Å². The van der Waals surface area contributed by atoms with E-state index >= 15 is 4.39 Å². The van der Waals surface area contributed by atoms with Crippen LogP contribution in [0.15, 0.2) is 36.7 Å². The highest BCUT2D eigenvalue weighted by Crippen LogP contribution is 2.24. The van der Waals surface area contributed by atoms with Crippen LogP contribution in [0.25, 0.3) is 0 Å². The number of carbonyl (C=O) groups is 1. The lowest BCUT2D eigenvalue weighted by Gasteiger charge is -2.39. The molecule has 12 heteroatoms. The molecule has 9 nitrogen and oxygen atoms in total. The van der Waals surface area contributed by atoms with Crippen LogP contribution in [-0.4, -0.2) is 80.3 Å². The second kappa shape index (κ2) is 13.5. The van der Waals surface area contributed by atoms with E-state index in [-0.39, 0.29) is 36.1 Å². The van der Waals surface area contributed by atoms with Crippen molar-refractivity contribution in [3.8, 4) is 0 Å². The summed E-state index contributed by atoms with van der Waals surface area (Å²) in [5.74, 6) is -0.835. The fourth-order valence-electron chi connectivity index (χ4n) is 5.41. The molecule has 2 saturated heterocycles. The van der Waals surface area contributed by atoms with Gasteiger partial charge in [0.15, 0.2) is 0 Å². The molecule has 39 heavy (non-hydrogen) atoms. The number of pyridine rings is 1. The summed E-state index contributed by atoms with van der Waals surface area (Å²) in [7, 11) is -3.43. The predicted octanol–water partition coefficient (Wildman–Crippen LogP) is 2.75. The van der Waals surface area contributed by atoms with E-state index in [1.807, 2.05) is 19.1 Å². The van der Waals surface area contributed by atoms with Crippen molar-refractivity contribution in [2.45, 2.75) is 63.2 Å². The van der Waals surface area contributed by atoms with Crippen LogP contribution in [0, 0.1) is 5.82 Å². The van der Waals surface area contributed by atoms with Gasteiger partial charge in [-0.2, -0.15) is 4.31 Å². The summed E-state index contributed by atoms with van der Waals surface area (Å²) in [4.78, 5) is 17.5. The van der Waals surface area contributed by atoms with Crippen LogP contribution in [0.1, 0.15) is 37.3 Å². The Labute approximate surface area is 234 Å². The maximum atomic E-state index is 15.0. The molecular formula is C27H37ClFN5O4S. The van der Waals surface area contributed by atoms with E-state index in [2.05, 4.69) is 20.9 Å². The SMILES string of the molecule is C[C@@H]1CNC[C@H](CCc2c(F)cncc2NC(=O)[C@H](Cc2ccc(Cl)cc2)NC2CCOCC2)N1S(C)(=O)=O. The summed E-state index contributed by atoms with van der Waals surface area (Å²) < 4.78 is 46.9. The largest absolute Gasteiger partial charge is 0.381 e. The summed E-state index contributed by atoms with van der Waals surface area (Å²) in [6, 6.07) is 6.36. The molecule has 2 aromatic rings. The van der Waals surface area contributed by atoms with Crippen LogP contribution >= 0.6 is 11.6 Å². The van der Waals surface area contributed by atoms with Gasteiger partial charge in [0, 0.05) is 55.0 Å². The Hall–Kier alpha value is -2.15. The molecule has 1 amide bonds. The molecular weight excluding hydrogens is 545 g/mol. The van der Waals surface area contributed by atoms with Crippen molar-refractivity contribution >= 4 is 33.2 Å². The minimum Gasteiger partial charge on any atom is -0.381 e. The van der Waals surface area contributed by atoms with Gasteiger partial charge in [0.1, 0.15) is 5.82 Å². The van der Waals surface area contributed by atoms with Crippen LogP contribution < -0.4 is 16.0 Å². The number of rotatable bonds is 10. The van der Waals surface area contributed by atoms with Crippen molar-refractivity contribution in [3.05, 3.63) is 58.6 Å². The Bertz CT molecular complexity index is 1230. The van der Waals surface area contributed by atoms with Gasteiger partial charge in [-0.3, -0.25) is 9.78 Å². The molecule has 0 radical (unpaired) electrons. The molecule has 0 spiro atoms. The molecule has 0 aliphatic carbocycles. The number of carbonyl (C=O) groups excluding carboxylic acids is 1. The van der Waals surface area contributed by atoms with Crippen molar-refractivity contribution in [2.24, 2.45) is 0 Å². The number of halogens is 2. The van der Waals surface area contributed by atoms with E-state index in [0.29, 0.717) is 49.7 Å². The van der Waals surface area contributed by atoms with Crippen LogP contribution in [-0.2, 0) is 32.4 Å². The zero-order valence-electron chi connectivity index (χ0n) is 22.3. The molecule has 2 aliphatic heterocycles. The third-order valence-electron chi connectivity index (χ3n) is 7.32. The maximum absolute atomic E-state index is 15.0. The topological polar surface area (TPSA) is 113 Å². The Morgan fingerprint density at radius 3 is 2.64 bits per heavy atom. The molecule has 1 aromatic heterocycles. The number of piperazine rings is 1. The summed E-state index contributed by atoms with van der Waals surface area (Å²) >= 11 is 6.04. The summed E-state index contributed by atoms with van der Waals surface area (Å²) in [5.41, 5.74) is 1.54. The lowest BCUT2D eigenvalue weighted by atomic mass is 10.0. The average molecular weight is 582 g/mol. The molecule has 3 atom stereocenters. The van der Waals surface area contributed by atoms with Crippen molar-refractivity contribution in [2.75, 3.05) is 37.9 Å². The number of sulfonamides is 1. The number of nitrogens with one attached hydrogen (secondary N) is 3. The standard InChI is InChI=1S/C27H37ClFN5O4S/c1-18-14-30-15-22(34(18)39(2,36)37)7-8-23-24(29)16-31-17-26(23)33-27(35)25(32-21-9-11-38-12-10-21)13-19-3-5-20(28)6-4-19/h3-6,16-18,21-22,25,30,32H,7-15H2,1-2H3,(H,33,35)/t18-,22+,25+/m1/s1. The highest BCUT2D eigenvalue weighted by Gasteiger charge is 2.34. The minimum atomic E-state index is -3.43. The number of hydrogen-bond donors (Lipinski definition) is 3. The van der Waals surface area contributed by atoms with E-state index in [1.54, 1.807) is 12.1 Å². The molecule has 0 bridgehead atoms. The number of ether oxygens (including phenoxy) is 1. The van der Waals surface area contributed by atoms with Gasteiger partial charge in [-0.05, 0) is 56.7 Å². The summed E-state index contributed by atoms with van der Waals surface area (Å²) in [5, 5.41) is 10.2. The zero-order chi connectivity index (χ0) is 28.0. The van der Waals surface area contributed by atoms with Crippen LogP contribution in [0.3, 0.4) is 0 Å². The first-order chi connectivity index (χ1) is 18.6. The zero-order valence-corrected chi connectivity index (χ0v) is 23.9. The van der Waals surface area contributed by atoms with E-state index < -0.39 is 21.9 Å². The number of anilines is 1. The van der Waals surface area contributed by atoms with Crippen molar-refractivity contribution in [3.63, 3.8) is 0 Å². The van der Waals surface area contributed by atoms with Gasteiger partial charge in [-0.1, -0.05) is 23.7 Å². The summed E-state index contributed by atoms with van der Waals surface area (Å²) in [6.45, 7) is 4.15. The Balaban J connectivity index is 1.51. The minimum absolute atomic E-state index is 0.120. The molecule has 2 aliphatic rings. The van der Waals surface area contributed by atoms with Crippen molar-refractivity contribution in [1.82, 2.24) is 19.9 Å². The number of benzene rings is 1. The maximum Gasteiger partial charge on any atom is 0.241 e. The Morgan fingerprint density at radius 1 is 1.23 bits per heavy atom. The van der Waals surface area contributed by atoms with Crippen LogP contribution in [0.5, 0.6) is 0 Å². The molecule has 4 rings (SSSR count). The lowest BCUT2D eigenvalue weighted by Crippen LogP contribution is -2.58. The predicted molar refractivity (Wildman–Crippen MR) is 150 cm³/mol. The lowest BCUT2D eigenvalue weighted by molar-refractivity contribution is -0.118. The first-order valence-electron chi connectivity index (χ1n) is 13.3. The molecule has 3 N–H and O–H groups in total. The van der Waals surface area contributed by atoms with Gasteiger partial charge in [0.25, 0.3) is 0 Å². The molecule has 214 valence electrons. The average Bonchev–Trinajstić information content (AvgIpc) is 2.89. The monoisotopic (exact) mass is 581 g/mol. The molecule has 1 aromatic carbocycles. The molecule has 0 saturated carbocycles. The fourth-order valence-corrected chi connectivity index (χ4v) is 6.99. The van der Waals surface area contributed by atoms with Gasteiger partial charge < -0.3 is 20.7 Å². The number of amides is 1. The van der Waals surface area contributed by atoms with Crippen molar-refractivity contribution < 1.29 is 22.3 Å². The Kier molecular flexibility index (Phi) is 10.3. The number of aromatic nitrogens is 1. The first kappa shape index (κ1) is 29.8. The normalized spacial score (nSPS) is 21.9. The van der Waals surface area contributed by atoms with Gasteiger partial charge in [0.05, 0.1) is 30.4 Å². The summed E-state index contributed by atoms with van der Waals surface area (Å²) in [6.07, 6.45) is 6.41. The van der Waals surface area contributed by atoms with Crippen molar-refractivity contribution in [1.29, 1.82) is 0 Å². The first-order valence-corrected chi connectivity index (χ1v) is 15.5. The smallest absolute Gasteiger partial charge is 0.241 e. The second-order valence-corrected chi connectivity index (χ2v) is 12.7. The van der Waals surface area contributed by atoms with Gasteiger partial charge in [-0.25, -0.2) is 12.8 Å². The van der Waals surface area contributed by atoms with E-state index in [0.717, 1.165) is 24.6 Å². The third kappa shape index (κ3) is 8.18. The highest BCUT2D eigenvalue weighted by atomic mass is 35.5. The van der Waals surface area contributed by atoms with Crippen LogP contribution in [0.4, 0.5) is 10.1 Å². The highest BCUT2D eigenvalue weighted by molar-refractivity contribution is 7.88. The van der Waals surface area contributed by atoms with E-state index in [9.17, 15) is 13.2 Å². The number of hydrogen-bond acceptors (Lipinski definition) is 7. The van der Waals surface area contributed by atoms with E-state index in [4.69, 9.17) is 16.3 Å². The quantitative estimate of drug-likeness (QED) is 0.395. The fraction of sp³-hybridized carbons (Fsp3) is 0.556. The van der Waals surface area contributed by atoms with E-state index in [1.165, 1.54) is 16.8 Å². The van der Waals surface area contributed by atoms with Gasteiger partial charge >= 0.3 is 0 Å². The molecule has 2 fully saturated rings. The molecule has 3 heterocycles. The second-order valence-electron chi connectivity index (χ2n) is 10.4. The third-order valence-corrected chi connectivity index (χ3v) is 8.99. The number of nitrogens with zero attached hydrogens (tertiary/aromatic N) is 2. The van der Waals surface area contributed by atoms with Gasteiger partial charge in [-0.15, -0.1) is 0 Å². The van der Waals surface area contributed by atoms with Crippen LogP contribution in [0.2, 0.25) is 5.02 Å². The Morgan fingerprint density at radius 2 is 1.95 bits per heavy atom. The molecule has 0 unspecified atom stereocenters.